The highest BCUT2D eigenvalue weighted by Gasteiger charge is 2.70. The Bertz CT molecular complexity index is 2020. The number of ether oxygens (including phenoxy) is 2. The molecule has 3 saturated carbocycles. The maximum atomic E-state index is 14.8. The van der Waals surface area contributed by atoms with E-state index in [9.17, 15) is 23.9 Å². The first-order valence-electron chi connectivity index (χ1n) is 16.9. The minimum Gasteiger partial charge on any atom is -0.457 e. The van der Waals surface area contributed by atoms with Crippen molar-refractivity contribution in [2.24, 2.45) is 28.6 Å². The predicted octanol–water partition coefficient (Wildman–Crippen LogP) is 6.76. The Morgan fingerprint density at radius 2 is 1.82 bits per heavy atom. The fourth-order valence-electron chi connectivity index (χ4n) is 9.96. The molecule has 4 aromatic rings. The number of aliphatic hydroxyl groups is 1. The molecule has 3 heterocycles. The quantitative estimate of drug-likeness (QED) is 0.158. The molecule has 0 aliphatic heterocycles. The highest BCUT2D eigenvalue weighted by atomic mass is 32.1. The Hall–Kier alpha value is -4.42. The van der Waals surface area contributed by atoms with E-state index in [0.717, 1.165) is 24.1 Å². The highest BCUT2D eigenvalue weighted by Crippen LogP contribution is 2.68. The van der Waals surface area contributed by atoms with E-state index >= 15 is 0 Å². The van der Waals surface area contributed by atoms with E-state index in [-0.39, 0.29) is 53.3 Å². The van der Waals surface area contributed by atoms with Gasteiger partial charge >= 0.3 is 11.9 Å². The molecule has 3 aromatic heterocycles. The van der Waals surface area contributed by atoms with Crippen LogP contribution < -0.4 is 0 Å². The van der Waals surface area contributed by atoms with Crippen LogP contribution in [-0.4, -0.2) is 43.6 Å². The molecule has 4 aliphatic rings. The normalized spacial score (nSPS) is 31.1. The standard InChI is InChI=1S/C38H37FN2O8S/c1-36-17-22-19-40-41(24-8-10-27(39)21(15-24)20-48-33(43)30-5-3-13-46-30)28(22)16-23(36)7-9-25-26-11-12-38(35(45)50,37(26,2)18-29(42)32(25)36)49-34(44)31-6-4-14-47-31/h3-6,8,10,13-16,19,25-26,29,32,42H,7,9,11-12,17-18,20H2,1-2H3,(H,45,50)/t25-,26-,29-,32+,36-,37-,38-/m0/s1. The van der Waals surface area contributed by atoms with Gasteiger partial charge in [0.25, 0.3) is 0 Å². The van der Waals surface area contributed by atoms with Crippen molar-refractivity contribution in [2.75, 3.05) is 0 Å². The third kappa shape index (κ3) is 4.85. The Labute approximate surface area is 293 Å². The predicted molar refractivity (Wildman–Crippen MR) is 180 cm³/mol. The second kappa shape index (κ2) is 11.8. The molecule has 1 N–H and O–H groups in total. The Kier molecular flexibility index (Phi) is 7.76. The molecule has 3 fully saturated rings. The van der Waals surface area contributed by atoms with Crippen molar-refractivity contribution in [1.29, 1.82) is 0 Å². The fourth-order valence-corrected chi connectivity index (χ4v) is 10.4. The van der Waals surface area contributed by atoms with Gasteiger partial charge in [0.2, 0.25) is 16.6 Å². The van der Waals surface area contributed by atoms with Crippen molar-refractivity contribution in [1.82, 2.24) is 9.78 Å². The summed E-state index contributed by atoms with van der Waals surface area (Å²) in [6.07, 6.45) is 9.49. The fraction of sp³-hybridized carbons (Fsp3) is 0.421. The molecule has 50 heavy (non-hydrogen) atoms. The summed E-state index contributed by atoms with van der Waals surface area (Å²) in [7, 11) is 0. The van der Waals surface area contributed by atoms with Crippen LogP contribution in [0.1, 0.15) is 83.9 Å². The number of aliphatic hydroxyl groups excluding tert-OH is 1. The Balaban J connectivity index is 1.06. The van der Waals surface area contributed by atoms with Crippen molar-refractivity contribution in [3.05, 3.63) is 101 Å². The van der Waals surface area contributed by atoms with Crippen LogP contribution in [0.2, 0.25) is 0 Å². The maximum Gasteiger partial charge on any atom is 0.375 e. The SMILES string of the molecule is C[C@]12Cc3cnn(-c4ccc(F)c(COC(=O)c5ccco5)c4)c3C=C1CC[C@@H]1[C@@H]2[C@@H](O)C[C@@]2(C)[C@H]1CC[C@]2(OC(=O)c1ccco1)C(=O)S. The van der Waals surface area contributed by atoms with Gasteiger partial charge in [-0.2, -0.15) is 5.10 Å². The Morgan fingerprint density at radius 3 is 2.52 bits per heavy atom. The van der Waals surface area contributed by atoms with E-state index in [1.54, 1.807) is 28.9 Å². The summed E-state index contributed by atoms with van der Waals surface area (Å²) in [5.74, 6) is -1.82. The number of carbonyl (C=O) groups is 3. The third-order valence-corrected chi connectivity index (χ3v) is 12.6. The Morgan fingerprint density at radius 1 is 1.08 bits per heavy atom. The van der Waals surface area contributed by atoms with Crippen LogP contribution in [-0.2, 0) is 27.3 Å². The molecule has 1 aromatic carbocycles. The van der Waals surface area contributed by atoms with Crippen molar-refractivity contribution in [3.8, 4) is 5.69 Å². The van der Waals surface area contributed by atoms with Gasteiger partial charge in [-0.3, -0.25) is 4.79 Å². The monoisotopic (exact) mass is 700 g/mol. The number of nitrogens with zero attached hydrogens (tertiary/aromatic N) is 2. The van der Waals surface area contributed by atoms with Gasteiger partial charge in [-0.25, -0.2) is 18.7 Å². The third-order valence-electron chi connectivity index (χ3n) is 12.2. The molecule has 10 nitrogen and oxygen atoms in total. The summed E-state index contributed by atoms with van der Waals surface area (Å²) in [6, 6.07) is 10.8. The maximum absolute atomic E-state index is 14.8. The van der Waals surface area contributed by atoms with Gasteiger partial charge in [-0.15, -0.1) is 12.6 Å². The molecular formula is C38H37FN2O8S. The van der Waals surface area contributed by atoms with Gasteiger partial charge in [0.05, 0.1) is 36.2 Å². The molecule has 0 radical (unpaired) electrons. The lowest BCUT2D eigenvalue weighted by atomic mass is 9.45. The van der Waals surface area contributed by atoms with E-state index in [0.29, 0.717) is 24.9 Å². The van der Waals surface area contributed by atoms with E-state index in [4.69, 9.17) is 23.4 Å². The smallest absolute Gasteiger partial charge is 0.375 e. The van der Waals surface area contributed by atoms with Crippen LogP contribution in [0.25, 0.3) is 11.8 Å². The molecule has 0 unspecified atom stereocenters. The summed E-state index contributed by atoms with van der Waals surface area (Å²) < 4.78 is 38.3. The lowest BCUT2D eigenvalue weighted by molar-refractivity contribution is -0.174. The average molecular weight is 701 g/mol. The first kappa shape index (κ1) is 32.8. The molecule has 0 bridgehead atoms. The number of carbonyl (C=O) groups excluding carboxylic acids is 3. The van der Waals surface area contributed by atoms with Crippen molar-refractivity contribution >= 4 is 35.8 Å². The number of furan rings is 2. The molecular weight excluding hydrogens is 663 g/mol. The minimum absolute atomic E-state index is 0.0177. The number of rotatable bonds is 7. The minimum atomic E-state index is -1.49. The molecule has 0 spiro atoms. The number of fused-ring (bicyclic) bond motifs is 6. The van der Waals surface area contributed by atoms with Crippen LogP contribution >= 0.6 is 12.6 Å². The second-order valence-electron chi connectivity index (χ2n) is 14.6. The van der Waals surface area contributed by atoms with Gasteiger partial charge in [-0.1, -0.05) is 19.4 Å². The van der Waals surface area contributed by atoms with Crippen LogP contribution in [0.4, 0.5) is 4.39 Å². The van der Waals surface area contributed by atoms with Crippen LogP contribution in [0.3, 0.4) is 0 Å². The van der Waals surface area contributed by atoms with Crippen LogP contribution in [0.5, 0.6) is 0 Å². The lowest BCUT2D eigenvalue weighted by Gasteiger charge is -2.60. The number of halogens is 1. The number of hydrogen-bond acceptors (Lipinski definition) is 9. The van der Waals surface area contributed by atoms with Gasteiger partial charge < -0.3 is 23.4 Å². The van der Waals surface area contributed by atoms with Gasteiger partial charge in [0.15, 0.2) is 5.60 Å². The number of thiol groups is 1. The molecule has 7 atom stereocenters. The van der Waals surface area contributed by atoms with E-state index in [1.165, 1.54) is 36.3 Å². The summed E-state index contributed by atoms with van der Waals surface area (Å²) in [5.41, 5.74) is 1.26. The van der Waals surface area contributed by atoms with Gasteiger partial charge in [-0.05, 0) is 116 Å². The van der Waals surface area contributed by atoms with Gasteiger partial charge in [0, 0.05) is 11.0 Å². The zero-order valence-corrected chi connectivity index (χ0v) is 28.5. The summed E-state index contributed by atoms with van der Waals surface area (Å²) in [6.45, 7) is 3.92. The first-order chi connectivity index (χ1) is 23.9. The van der Waals surface area contributed by atoms with Crippen molar-refractivity contribution in [3.63, 3.8) is 0 Å². The number of hydrogen-bond donors (Lipinski definition) is 2. The zero-order chi connectivity index (χ0) is 35.0. The average Bonchev–Trinajstić information content (AvgIpc) is 3.90. The van der Waals surface area contributed by atoms with Crippen molar-refractivity contribution in [2.45, 2.75) is 70.7 Å². The lowest BCUT2D eigenvalue weighted by Crippen LogP contribution is -2.62. The number of aromatic nitrogens is 2. The summed E-state index contributed by atoms with van der Waals surface area (Å²) in [4.78, 5) is 38.7. The number of esters is 2. The molecule has 0 saturated heterocycles. The molecule has 0 amide bonds. The number of allylic oxidation sites excluding steroid dienone is 1. The van der Waals surface area contributed by atoms with E-state index < -0.39 is 40.0 Å². The van der Waals surface area contributed by atoms with E-state index in [2.05, 4.69) is 25.6 Å². The summed E-state index contributed by atoms with van der Waals surface area (Å²) >= 11 is 4.28. The summed E-state index contributed by atoms with van der Waals surface area (Å²) in [5, 5.41) is 16.3. The zero-order valence-electron chi connectivity index (χ0n) is 27.6. The number of benzene rings is 1. The second-order valence-corrected chi connectivity index (χ2v) is 15.0. The topological polar surface area (TPSA) is 134 Å². The largest absolute Gasteiger partial charge is 0.457 e. The molecule has 4 aliphatic carbocycles. The van der Waals surface area contributed by atoms with E-state index in [1.807, 2.05) is 13.1 Å². The molecule has 8 rings (SSSR count). The van der Waals surface area contributed by atoms with Crippen LogP contribution in [0, 0.1) is 34.4 Å². The van der Waals surface area contributed by atoms with Gasteiger partial charge in [0.1, 0.15) is 12.4 Å². The van der Waals surface area contributed by atoms with Crippen molar-refractivity contribution < 1.29 is 42.2 Å². The highest BCUT2D eigenvalue weighted by molar-refractivity contribution is 7.96. The molecule has 260 valence electrons. The molecule has 12 heteroatoms. The first-order valence-corrected chi connectivity index (χ1v) is 17.4. The van der Waals surface area contributed by atoms with Crippen LogP contribution in [0.15, 0.2) is 75.6 Å².